The zero-order valence-electron chi connectivity index (χ0n) is 11.3. The maximum Gasteiger partial charge on any atom is 0.0992 e. The van der Waals surface area contributed by atoms with E-state index in [1.165, 1.54) is 5.56 Å². The van der Waals surface area contributed by atoms with E-state index in [4.69, 9.17) is 16.9 Å². The monoisotopic (exact) mass is 360 g/mol. The minimum atomic E-state index is 0.454. The predicted molar refractivity (Wildman–Crippen MR) is 89.7 cm³/mol. The Balaban J connectivity index is 1.63. The Morgan fingerprint density at radius 2 is 1.95 bits per heavy atom. The molecule has 0 radical (unpaired) electrons. The molecule has 1 saturated carbocycles. The van der Waals surface area contributed by atoms with Crippen LogP contribution in [0, 0.1) is 11.3 Å². The van der Waals surface area contributed by atoms with Gasteiger partial charge in [-0.05, 0) is 64.5 Å². The molecule has 0 atom stereocenters. The van der Waals surface area contributed by atoms with Crippen molar-refractivity contribution in [1.82, 2.24) is 0 Å². The average Bonchev–Trinajstić information content (AvgIpc) is 2.45. The Bertz CT molecular complexity index is 702. The first-order valence-corrected chi connectivity index (χ1v) is 8.05. The average molecular weight is 362 g/mol. The van der Waals surface area contributed by atoms with Crippen LogP contribution in [0.2, 0.25) is 5.02 Å². The standard InChI is InChI=1S/C17H14BrClN2/c18-15-7-11(10-20)5-6-17(15)21-13-8-12(9-13)14-3-1-2-4-16(14)19/h1-7,12-13,21H,8-9H2. The highest BCUT2D eigenvalue weighted by atomic mass is 79.9. The van der Waals surface area contributed by atoms with Gasteiger partial charge in [0.25, 0.3) is 0 Å². The number of hydrogen-bond acceptors (Lipinski definition) is 2. The van der Waals surface area contributed by atoms with E-state index in [2.05, 4.69) is 33.4 Å². The number of anilines is 1. The van der Waals surface area contributed by atoms with E-state index in [1.54, 1.807) is 0 Å². The number of hydrogen-bond donors (Lipinski definition) is 1. The van der Waals surface area contributed by atoms with Crippen LogP contribution in [0.5, 0.6) is 0 Å². The molecule has 1 aliphatic carbocycles. The van der Waals surface area contributed by atoms with Crippen LogP contribution in [-0.2, 0) is 0 Å². The molecular formula is C17H14BrClN2. The number of nitrogens with one attached hydrogen (secondary N) is 1. The number of nitrogens with zero attached hydrogens (tertiary/aromatic N) is 1. The molecule has 1 fully saturated rings. The molecule has 0 aliphatic heterocycles. The Labute approximate surface area is 137 Å². The van der Waals surface area contributed by atoms with Crippen molar-refractivity contribution in [3.63, 3.8) is 0 Å². The molecule has 0 amide bonds. The summed E-state index contributed by atoms with van der Waals surface area (Å²) in [5, 5.41) is 13.3. The zero-order valence-corrected chi connectivity index (χ0v) is 13.7. The Morgan fingerprint density at radius 3 is 2.62 bits per heavy atom. The van der Waals surface area contributed by atoms with Crippen LogP contribution in [0.25, 0.3) is 0 Å². The fourth-order valence-electron chi connectivity index (χ4n) is 2.72. The van der Waals surface area contributed by atoms with Gasteiger partial charge in [0.1, 0.15) is 0 Å². The third-order valence-corrected chi connectivity index (χ3v) is 4.94. The molecule has 0 saturated heterocycles. The van der Waals surface area contributed by atoms with Gasteiger partial charge in [0.05, 0.1) is 11.6 Å². The Hall–Kier alpha value is -1.50. The molecule has 0 heterocycles. The molecule has 106 valence electrons. The quantitative estimate of drug-likeness (QED) is 0.801. The van der Waals surface area contributed by atoms with Crippen LogP contribution in [-0.4, -0.2) is 6.04 Å². The third kappa shape index (κ3) is 3.07. The second kappa shape index (κ2) is 6.09. The third-order valence-electron chi connectivity index (χ3n) is 3.94. The zero-order chi connectivity index (χ0) is 14.8. The van der Waals surface area contributed by atoms with Crippen LogP contribution in [0.1, 0.15) is 29.9 Å². The molecule has 3 rings (SSSR count). The molecule has 0 aromatic heterocycles. The first-order chi connectivity index (χ1) is 10.2. The second-order valence-electron chi connectivity index (χ2n) is 5.34. The maximum atomic E-state index is 8.88. The van der Waals surface area contributed by atoms with Gasteiger partial charge in [-0.15, -0.1) is 0 Å². The van der Waals surface area contributed by atoms with Crippen LogP contribution >= 0.6 is 27.5 Å². The first-order valence-electron chi connectivity index (χ1n) is 6.88. The van der Waals surface area contributed by atoms with Crippen molar-refractivity contribution < 1.29 is 0 Å². The SMILES string of the molecule is N#Cc1ccc(NC2CC(c3ccccc3Cl)C2)c(Br)c1. The molecule has 0 bridgehead atoms. The second-order valence-corrected chi connectivity index (χ2v) is 6.60. The summed E-state index contributed by atoms with van der Waals surface area (Å²) >= 11 is 9.75. The minimum absolute atomic E-state index is 0.454. The number of rotatable bonds is 3. The van der Waals surface area contributed by atoms with Crippen molar-refractivity contribution >= 4 is 33.2 Å². The summed E-state index contributed by atoms with van der Waals surface area (Å²) in [7, 11) is 0. The van der Waals surface area contributed by atoms with Gasteiger partial charge in [-0.1, -0.05) is 29.8 Å². The summed E-state index contributed by atoms with van der Waals surface area (Å²) in [5.41, 5.74) is 2.95. The summed E-state index contributed by atoms with van der Waals surface area (Å²) in [6.45, 7) is 0. The first kappa shape index (κ1) is 14.4. The van der Waals surface area contributed by atoms with Gasteiger partial charge in [-0.25, -0.2) is 0 Å². The number of nitriles is 1. The van der Waals surface area contributed by atoms with E-state index in [9.17, 15) is 0 Å². The van der Waals surface area contributed by atoms with Crippen molar-refractivity contribution in [3.05, 3.63) is 63.1 Å². The van der Waals surface area contributed by atoms with Gasteiger partial charge in [-0.3, -0.25) is 0 Å². The molecule has 2 aromatic carbocycles. The van der Waals surface area contributed by atoms with Crippen molar-refractivity contribution in [2.75, 3.05) is 5.32 Å². The highest BCUT2D eigenvalue weighted by molar-refractivity contribution is 9.10. The van der Waals surface area contributed by atoms with Crippen molar-refractivity contribution in [2.24, 2.45) is 0 Å². The Morgan fingerprint density at radius 1 is 1.19 bits per heavy atom. The lowest BCUT2D eigenvalue weighted by molar-refractivity contribution is 0.374. The lowest BCUT2D eigenvalue weighted by Gasteiger charge is -2.37. The van der Waals surface area contributed by atoms with E-state index < -0.39 is 0 Å². The molecule has 2 aromatic rings. The summed E-state index contributed by atoms with van der Waals surface area (Å²) in [5.74, 6) is 0.536. The fraction of sp³-hybridized carbons (Fsp3) is 0.235. The molecule has 1 aliphatic rings. The topological polar surface area (TPSA) is 35.8 Å². The van der Waals surface area contributed by atoms with Gasteiger partial charge < -0.3 is 5.32 Å². The summed E-state index contributed by atoms with van der Waals surface area (Å²) < 4.78 is 0.933. The normalized spacial score (nSPS) is 20.4. The van der Waals surface area contributed by atoms with E-state index in [1.807, 2.05) is 36.4 Å². The van der Waals surface area contributed by atoms with Crippen LogP contribution in [0.4, 0.5) is 5.69 Å². The lowest BCUT2D eigenvalue weighted by atomic mass is 9.76. The van der Waals surface area contributed by atoms with Crippen molar-refractivity contribution in [2.45, 2.75) is 24.8 Å². The van der Waals surface area contributed by atoms with Gasteiger partial charge in [0, 0.05) is 21.2 Å². The highest BCUT2D eigenvalue weighted by Gasteiger charge is 2.31. The molecule has 1 N–H and O–H groups in total. The molecule has 0 unspecified atom stereocenters. The molecule has 4 heteroatoms. The van der Waals surface area contributed by atoms with Crippen molar-refractivity contribution in [1.29, 1.82) is 5.26 Å². The van der Waals surface area contributed by atoms with Gasteiger partial charge in [0.15, 0.2) is 0 Å². The van der Waals surface area contributed by atoms with Gasteiger partial charge in [-0.2, -0.15) is 5.26 Å². The molecule has 2 nitrogen and oxygen atoms in total. The smallest absolute Gasteiger partial charge is 0.0992 e. The predicted octanol–water partition coefficient (Wildman–Crippen LogP) is 5.33. The van der Waals surface area contributed by atoms with Crippen LogP contribution in [0.15, 0.2) is 46.9 Å². The van der Waals surface area contributed by atoms with Gasteiger partial charge in [0.2, 0.25) is 0 Å². The molecule has 0 spiro atoms. The maximum absolute atomic E-state index is 8.88. The summed E-state index contributed by atoms with van der Waals surface area (Å²) in [6, 6.07) is 16.3. The molecule has 21 heavy (non-hydrogen) atoms. The fourth-order valence-corrected chi connectivity index (χ4v) is 3.50. The van der Waals surface area contributed by atoms with E-state index in [0.717, 1.165) is 28.0 Å². The van der Waals surface area contributed by atoms with E-state index >= 15 is 0 Å². The summed E-state index contributed by atoms with van der Waals surface area (Å²) in [4.78, 5) is 0. The Kier molecular flexibility index (Phi) is 4.19. The minimum Gasteiger partial charge on any atom is -0.381 e. The van der Waals surface area contributed by atoms with Crippen molar-refractivity contribution in [3.8, 4) is 6.07 Å². The largest absolute Gasteiger partial charge is 0.381 e. The van der Waals surface area contributed by atoms with E-state index in [-0.39, 0.29) is 0 Å². The van der Waals surface area contributed by atoms with Crippen LogP contribution in [0.3, 0.4) is 0 Å². The molecular weight excluding hydrogens is 348 g/mol. The number of halogens is 2. The highest BCUT2D eigenvalue weighted by Crippen LogP contribution is 2.41. The summed E-state index contributed by atoms with van der Waals surface area (Å²) in [6.07, 6.45) is 2.16. The van der Waals surface area contributed by atoms with Crippen LogP contribution < -0.4 is 5.32 Å². The number of benzene rings is 2. The van der Waals surface area contributed by atoms with E-state index in [0.29, 0.717) is 17.5 Å². The lowest BCUT2D eigenvalue weighted by Crippen LogP contribution is -2.34. The van der Waals surface area contributed by atoms with Gasteiger partial charge >= 0.3 is 0 Å².